The number of para-hydroxylation sites is 1. The molecule has 6 heteroatoms. The molecule has 5 nitrogen and oxygen atoms in total. The maximum atomic E-state index is 12.4. The number of thiocarbonyl (C=S) groups is 1. The van der Waals surface area contributed by atoms with Gasteiger partial charge in [-0.05, 0) is 36.8 Å². The van der Waals surface area contributed by atoms with Gasteiger partial charge in [0.15, 0.2) is 5.11 Å². The molecule has 1 amide bonds. The van der Waals surface area contributed by atoms with Crippen LogP contribution in [0.25, 0.3) is 0 Å². The Hall–Kier alpha value is -2.44. The Bertz CT molecular complexity index is 692. The molecular weight excluding hydrogens is 336 g/mol. The number of carbonyl (C=O) groups is 1. The van der Waals surface area contributed by atoms with E-state index in [1.807, 2.05) is 43.3 Å². The molecule has 0 heterocycles. The molecule has 2 rings (SSSR count). The van der Waals surface area contributed by atoms with Crippen LogP contribution in [0.1, 0.15) is 22.8 Å². The van der Waals surface area contributed by atoms with Crippen LogP contribution in [0, 0.1) is 0 Å². The minimum absolute atomic E-state index is 0.276. The highest BCUT2D eigenvalue weighted by molar-refractivity contribution is 7.80. The van der Waals surface area contributed by atoms with Crippen LogP contribution in [0.5, 0.6) is 5.75 Å². The summed E-state index contributed by atoms with van der Waals surface area (Å²) in [7, 11) is 0. The first-order valence-electron chi connectivity index (χ1n) is 8.13. The van der Waals surface area contributed by atoms with Crippen LogP contribution in [0.15, 0.2) is 54.6 Å². The van der Waals surface area contributed by atoms with Crippen LogP contribution in [0.3, 0.4) is 0 Å². The van der Waals surface area contributed by atoms with Gasteiger partial charge in [0, 0.05) is 13.2 Å². The van der Waals surface area contributed by atoms with Gasteiger partial charge in [-0.1, -0.05) is 42.5 Å². The second-order valence-corrected chi connectivity index (χ2v) is 5.57. The number of hydrogen-bond donors (Lipinski definition) is 2. The fraction of sp³-hybridized carbons (Fsp3) is 0.263. The van der Waals surface area contributed by atoms with Crippen molar-refractivity contribution < 1.29 is 14.3 Å². The molecule has 0 saturated carbocycles. The van der Waals surface area contributed by atoms with Crippen LogP contribution in [-0.2, 0) is 11.3 Å². The zero-order valence-corrected chi connectivity index (χ0v) is 15.0. The molecule has 0 radical (unpaired) electrons. The maximum absolute atomic E-state index is 12.4. The molecule has 0 saturated heterocycles. The molecule has 25 heavy (non-hydrogen) atoms. The van der Waals surface area contributed by atoms with E-state index in [4.69, 9.17) is 21.7 Å². The van der Waals surface area contributed by atoms with Gasteiger partial charge in [-0.25, -0.2) is 0 Å². The lowest BCUT2D eigenvalue weighted by Crippen LogP contribution is -2.39. The summed E-state index contributed by atoms with van der Waals surface area (Å²) in [6.07, 6.45) is 0. The quantitative estimate of drug-likeness (QED) is 0.561. The van der Waals surface area contributed by atoms with Crippen LogP contribution >= 0.6 is 12.2 Å². The van der Waals surface area contributed by atoms with Gasteiger partial charge in [0.25, 0.3) is 5.91 Å². The Labute approximate surface area is 153 Å². The average Bonchev–Trinajstić information content (AvgIpc) is 2.65. The molecule has 0 spiro atoms. The SMILES string of the molecule is CCOCCOc1ccccc1C(=O)NC(=S)NCc1ccccc1. The Balaban J connectivity index is 1.88. The summed E-state index contributed by atoms with van der Waals surface area (Å²) in [5.41, 5.74) is 1.52. The first-order chi connectivity index (χ1) is 12.2. The van der Waals surface area contributed by atoms with Gasteiger partial charge in [-0.2, -0.15) is 0 Å². The van der Waals surface area contributed by atoms with Crippen molar-refractivity contribution in [1.29, 1.82) is 0 Å². The van der Waals surface area contributed by atoms with E-state index in [0.29, 0.717) is 37.7 Å². The first kappa shape index (κ1) is 18.9. The van der Waals surface area contributed by atoms with Gasteiger partial charge in [-0.3, -0.25) is 10.1 Å². The van der Waals surface area contributed by atoms with E-state index in [9.17, 15) is 4.79 Å². The van der Waals surface area contributed by atoms with Gasteiger partial charge >= 0.3 is 0 Å². The summed E-state index contributed by atoms with van der Waals surface area (Å²) in [6, 6.07) is 16.9. The molecule has 0 aliphatic rings. The average molecular weight is 358 g/mol. The number of nitrogens with one attached hydrogen (secondary N) is 2. The van der Waals surface area contributed by atoms with Crippen molar-refractivity contribution in [3.8, 4) is 5.75 Å². The zero-order valence-electron chi connectivity index (χ0n) is 14.2. The third kappa shape index (κ3) is 6.52. The number of hydrogen-bond acceptors (Lipinski definition) is 4. The molecule has 2 N–H and O–H groups in total. The minimum atomic E-state index is -0.308. The van der Waals surface area contributed by atoms with E-state index < -0.39 is 0 Å². The number of ether oxygens (including phenoxy) is 2. The summed E-state index contributed by atoms with van der Waals surface area (Å²) >= 11 is 5.19. The summed E-state index contributed by atoms with van der Waals surface area (Å²) in [5, 5.41) is 5.97. The summed E-state index contributed by atoms with van der Waals surface area (Å²) < 4.78 is 10.9. The van der Waals surface area contributed by atoms with Crippen molar-refractivity contribution >= 4 is 23.2 Å². The van der Waals surface area contributed by atoms with Gasteiger partial charge in [0.05, 0.1) is 12.2 Å². The highest BCUT2D eigenvalue weighted by Crippen LogP contribution is 2.17. The summed E-state index contributed by atoms with van der Waals surface area (Å²) in [6.45, 7) is 3.96. The molecule has 0 aliphatic carbocycles. The van der Waals surface area contributed by atoms with Crippen LogP contribution in [0.2, 0.25) is 0 Å². The Morgan fingerprint density at radius 1 is 1.04 bits per heavy atom. The van der Waals surface area contributed by atoms with E-state index in [1.54, 1.807) is 18.2 Å². The standard InChI is InChI=1S/C19H22N2O3S/c1-2-23-12-13-24-17-11-7-6-10-16(17)18(22)21-19(25)20-14-15-8-4-3-5-9-15/h3-11H,2,12-14H2,1H3,(H2,20,21,22,25). The normalized spacial score (nSPS) is 10.1. The smallest absolute Gasteiger partial charge is 0.261 e. The van der Waals surface area contributed by atoms with E-state index >= 15 is 0 Å². The van der Waals surface area contributed by atoms with Crippen molar-refractivity contribution in [2.75, 3.05) is 19.8 Å². The lowest BCUT2D eigenvalue weighted by Gasteiger charge is -2.13. The molecule has 132 valence electrons. The summed E-state index contributed by atoms with van der Waals surface area (Å²) in [4.78, 5) is 12.4. The molecule has 0 fully saturated rings. The summed E-state index contributed by atoms with van der Waals surface area (Å²) in [5.74, 6) is 0.197. The second-order valence-electron chi connectivity index (χ2n) is 5.16. The molecule has 2 aromatic rings. The topological polar surface area (TPSA) is 59.6 Å². The van der Waals surface area contributed by atoms with Crippen molar-refractivity contribution in [1.82, 2.24) is 10.6 Å². The van der Waals surface area contributed by atoms with E-state index in [2.05, 4.69) is 10.6 Å². The lowest BCUT2D eigenvalue weighted by atomic mass is 10.2. The van der Waals surface area contributed by atoms with Gasteiger partial charge in [0.2, 0.25) is 0 Å². The monoisotopic (exact) mass is 358 g/mol. The third-order valence-corrected chi connectivity index (χ3v) is 3.59. The van der Waals surface area contributed by atoms with Gasteiger partial charge in [0.1, 0.15) is 12.4 Å². The molecule has 0 unspecified atom stereocenters. The highest BCUT2D eigenvalue weighted by Gasteiger charge is 2.13. The van der Waals surface area contributed by atoms with Crippen LogP contribution < -0.4 is 15.4 Å². The fourth-order valence-corrected chi connectivity index (χ4v) is 2.29. The minimum Gasteiger partial charge on any atom is -0.490 e. The van der Waals surface area contributed by atoms with Crippen molar-refractivity contribution in [2.45, 2.75) is 13.5 Å². The molecule has 0 aromatic heterocycles. The molecule has 2 aromatic carbocycles. The fourth-order valence-electron chi connectivity index (χ4n) is 2.13. The molecule has 0 bridgehead atoms. The van der Waals surface area contributed by atoms with E-state index in [1.165, 1.54) is 0 Å². The third-order valence-electron chi connectivity index (χ3n) is 3.34. The number of amides is 1. The largest absolute Gasteiger partial charge is 0.490 e. The Kier molecular flexibility index (Phi) is 7.88. The second kappa shape index (κ2) is 10.4. The molecule has 0 aliphatic heterocycles. The predicted octanol–water partition coefficient (Wildman–Crippen LogP) is 2.91. The molecule has 0 atom stereocenters. The van der Waals surface area contributed by atoms with Gasteiger partial charge < -0.3 is 14.8 Å². The van der Waals surface area contributed by atoms with Crippen LogP contribution in [-0.4, -0.2) is 30.8 Å². The predicted molar refractivity (Wildman–Crippen MR) is 102 cm³/mol. The highest BCUT2D eigenvalue weighted by atomic mass is 32.1. The number of carbonyl (C=O) groups excluding carboxylic acids is 1. The van der Waals surface area contributed by atoms with E-state index in [0.717, 1.165) is 5.56 Å². The first-order valence-corrected chi connectivity index (χ1v) is 8.54. The van der Waals surface area contributed by atoms with E-state index in [-0.39, 0.29) is 11.0 Å². The van der Waals surface area contributed by atoms with Gasteiger partial charge in [-0.15, -0.1) is 0 Å². The Morgan fingerprint density at radius 3 is 2.52 bits per heavy atom. The maximum Gasteiger partial charge on any atom is 0.261 e. The molecular formula is C19H22N2O3S. The van der Waals surface area contributed by atoms with Crippen LogP contribution in [0.4, 0.5) is 0 Å². The number of benzene rings is 2. The lowest BCUT2D eigenvalue weighted by molar-refractivity contribution is 0.0957. The van der Waals surface area contributed by atoms with Crippen molar-refractivity contribution in [3.63, 3.8) is 0 Å². The Morgan fingerprint density at radius 2 is 1.76 bits per heavy atom. The van der Waals surface area contributed by atoms with Crippen molar-refractivity contribution in [2.24, 2.45) is 0 Å². The number of rotatable bonds is 8. The zero-order chi connectivity index (χ0) is 17.9. The van der Waals surface area contributed by atoms with Crippen molar-refractivity contribution in [3.05, 3.63) is 65.7 Å².